The van der Waals surface area contributed by atoms with Crippen LogP contribution in [-0.4, -0.2) is 31.6 Å². The van der Waals surface area contributed by atoms with Crippen LogP contribution in [0, 0.1) is 0 Å². The first-order chi connectivity index (χ1) is 14.2. The third-order valence-corrected chi connectivity index (χ3v) is 7.25. The van der Waals surface area contributed by atoms with E-state index < -0.39 is 0 Å². The molecule has 0 aliphatic carbocycles. The van der Waals surface area contributed by atoms with Gasteiger partial charge in [0, 0.05) is 41.4 Å². The number of hydrogen-bond donors (Lipinski definition) is 2. The van der Waals surface area contributed by atoms with Crippen molar-refractivity contribution in [3.8, 4) is 0 Å². The van der Waals surface area contributed by atoms with Gasteiger partial charge in [0.05, 0.1) is 11.4 Å². The molecular weight excluding hydrogens is 374 g/mol. The number of nitrogens with one attached hydrogen (secondary N) is 2. The summed E-state index contributed by atoms with van der Waals surface area (Å²) in [6.07, 6.45) is 0. The molecule has 0 spiro atoms. The summed E-state index contributed by atoms with van der Waals surface area (Å²) >= 11 is 1.84. The third kappa shape index (κ3) is 3.80. The van der Waals surface area contributed by atoms with Crippen molar-refractivity contribution in [1.29, 1.82) is 0 Å². The summed E-state index contributed by atoms with van der Waals surface area (Å²) in [4.78, 5) is 4.98. The molecule has 4 heteroatoms. The van der Waals surface area contributed by atoms with Gasteiger partial charge in [0.2, 0.25) is 0 Å². The Morgan fingerprint density at radius 2 is 1.69 bits per heavy atom. The first-order valence-corrected chi connectivity index (χ1v) is 11.2. The van der Waals surface area contributed by atoms with Gasteiger partial charge in [0.1, 0.15) is 0 Å². The Morgan fingerprint density at radius 1 is 0.931 bits per heavy atom. The molecule has 3 aromatic carbocycles. The molecule has 0 amide bonds. The van der Waals surface area contributed by atoms with Crippen LogP contribution in [0.1, 0.15) is 35.6 Å². The summed E-state index contributed by atoms with van der Waals surface area (Å²) in [6, 6.07) is 25.0. The van der Waals surface area contributed by atoms with Gasteiger partial charge in [0.25, 0.3) is 0 Å². The number of anilines is 2. The molecule has 0 saturated carbocycles. The van der Waals surface area contributed by atoms with Crippen molar-refractivity contribution < 1.29 is 0 Å². The van der Waals surface area contributed by atoms with Crippen molar-refractivity contribution in [3.63, 3.8) is 0 Å². The SMILES string of the molecule is CC(c1ccc(C2CN(C)CCN2)cc1)c1ccc2c(c1)Nc1ccccc1S2. The largest absolute Gasteiger partial charge is 0.354 e. The van der Waals surface area contributed by atoms with E-state index in [2.05, 4.69) is 96.2 Å². The van der Waals surface area contributed by atoms with Gasteiger partial charge in [-0.15, -0.1) is 0 Å². The smallest absolute Gasteiger partial charge is 0.0529 e. The highest BCUT2D eigenvalue weighted by molar-refractivity contribution is 7.99. The lowest BCUT2D eigenvalue weighted by atomic mass is 9.91. The molecule has 3 nitrogen and oxygen atoms in total. The number of nitrogens with zero attached hydrogens (tertiary/aromatic N) is 1. The monoisotopic (exact) mass is 401 g/mol. The minimum Gasteiger partial charge on any atom is -0.354 e. The van der Waals surface area contributed by atoms with Crippen LogP contribution in [0.15, 0.2) is 76.5 Å². The Bertz CT molecular complexity index is 1010. The third-order valence-electron chi connectivity index (χ3n) is 6.10. The molecule has 2 unspecified atom stereocenters. The van der Waals surface area contributed by atoms with Crippen LogP contribution >= 0.6 is 11.8 Å². The predicted molar refractivity (Wildman–Crippen MR) is 122 cm³/mol. The number of likely N-dealkylation sites (N-methyl/N-ethyl adjacent to an activating group) is 1. The average Bonchev–Trinajstić information content (AvgIpc) is 2.77. The zero-order valence-corrected chi connectivity index (χ0v) is 17.8. The summed E-state index contributed by atoms with van der Waals surface area (Å²) < 4.78 is 0. The van der Waals surface area contributed by atoms with E-state index in [1.54, 1.807) is 0 Å². The van der Waals surface area contributed by atoms with E-state index in [9.17, 15) is 0 Å². The Hall–Kier alpha value is -2.27. The van der Waals surface area contributed by atoms with E-state index in [1.165, 1.54) is 37.9 Å². The number of fused-ring (bicyclic) bond motifs is 2. The fourth-order valence-corrected chi connectivity index (χ4v) is 5.22. The number of hydrogen-bond acceptors (Lipinski definition) is 4. The van der Waals surface area contributed by atoms with Crippen LogP contribution in [-0.2, 0) is 0 Å². The number of benzene rings is 3. The van der Waals surface area contributed by atoms with Gasteiger partial charge in [-0.2, -0.15) is 0 Å². The molecule has 2 atom stereocenters. The van der Waals surface area contributed by atoms with Gasteiger partial charge >= 0.3 is 0 Å². The summed E-state index contributed by atoms with van der Waals surface area (Å²) in [5.41, 5.74) is 6.50. The average molecular weight is 402 g/mol. The van der Waals surface area contributed by atoms with Gasteiger partial charge in [-0.3, -0.25) is 0 Å². The van der Waals surface area contributed by atoms with Gasteiger partial charge in [-0.1, -0.05) is 61.2 Å². The summed E-state index contributed by atoms with van der Waals surface area (Å²) in [7, 11) is 2.20. The first kappa shape index (κ1) is 18.7. The van der Waals surface area contributed by atoms with E-state index in [-0.39, 0.29) is 0 Å². The molecule has 2 N–H and O–H groups in total. The summed E-state index contributed by atoms with van der Waals surface area (Å²) in [6.45, 7) is 5.56. The van der Waals surface area contributed by atoms with Gasteiger partial charge < -0.3 is 15.5 Å². The predicted octanol–water partition coefficient (Wildman–Crippen LogP) is 5.62. The minimum atomic E-state index is 0.361. The van der Waals surface area contributed by atoms with Crippen molar-refractivity contribution in [3.05, 3.63) is 83.4 Å². The first-order valence-electron chi connectivity index (χ1n) is 10.4. The van der Waals surface area contributed by atoms with Crippen molar-refractivity contribution in [2.75, 3.05) is 32.0 Å². The fourth-order valence-electron chi connectivity index (χ4n) is 4.26. The maximum absolute atomic E-state index is 3.64. The second-order valence-corrected chi connectivity index (χ2v) is 9.22. The lowest BCUT2D eigenvalue weighted by Crippen LogP contribution is -2.43. The Morgan fingerprint density at radius 3 is 2.52 bits per heavy atom. The Labute approximate surface area is 177 Å². The van der Waals surface area contributed by atoms with Crippen LogP contribution in [0.25, 0.3) is 0 Å². The normalized spacial score (nSPS) is 19.7. The quantitative estimate of drug-likeness (QED) is 0.466. The molecule has 0 bridgehead atoms. The molecule has 5 rings (SSSR count). The van der Waals surface area contributed by atoms with E-state index in [1.807, 2.05) is 11.8 Å². The topological polar surface area (TPSA) is 27.3 Å². The zero-order chi connectivity index (χ0) is 19.8. The number of rotatable bonds is 3. The molecular formula is C25H27N3S. The molecule has 0 aromatic heterocycles. The highest BCUT2D eigenvalue weighted by atomic mass is 32.2. The minimum absolute atomic E-state index is 0.361. The molecule has 2 heterocycles. The fraction of sp³-hybridized carbons (Fsp3) is 0.280. The van der Waals surface area contributed by atoms with Gasteiger partial charge in [-0.05, 0) is 48.0 Å². The van der Waals surface area contributed by atoms with Crippen LogP contribution in [0.4, 0.5) is 11.4 Å². The maximum Gasteiger partial charge on any atom is 0.0529 e. The Kier molecular flexibility index (Phi) is 5.08. The molecule has 3 aromatic rings. The molecule has 148 valence electrons. The second kappa shape index (κ2) is 7.86. The lowest BCUT2D eigenvalue weighted by Gasteiger charge is -2.31. The van der Waals surface area contributed by atoms with Crippen LogP contribution in [0.2, 0.25) is 0 Å². The van der Waals surface area contributed by atoms with E-state index in [4.69, 9.17) is 0 Å². The van der Waals surface area contributed by atoms with Crippen LogP contribution in [0.3, 0.4) is 0 Å². The standard InChI is InChI=1S/C25H27N3S/c1-17(18-7-9-19(10-8-18)23-16-28(2)14-13-26-23)20-11-12-25-22(15-20)27-21-5-3-4-6-24(21)29-25/h3-12,15,17,23,26-27H,13-14,16H2,1-2H3. The molecule has 29 heavy (non-hydrogen) atoms. The van der Waals surface area contributed by atoms with Crippen molar-refractivity contribution >= 4 is 23.1 Å². The zero-order valence-electron chi connectivity index (χ0n) is 17.0. The molecule has 0 radical (unpaired) electrons. The van der Waals surface area contributed by atoms with E-state index >= 15 is 0 Å². The van der Waals surface area contributed by atoms with Crippen LogP contribution in [0.5, 0.6) is 0 Å². The van der Waals surface area contributed by atoms with E-state index in [0.29, 0.717) is 12.0 Å². The van der Waals surface area contributed by atoms with Gasteiger partial charge in [-0.25, -0.2) is 0 Å². The number of piperazine rings is 1. The molecule has 2 aliphatic rings. The van der Waals surface area contributed by atoms with Gasteiger partial charge in [0.15, 0.2) is 0 Å². The van der Waals surface area contributed by atoms with Crippen molar-refractivity contribution in [2.24, 2.45) is 0 Å². The summed E-state index contributed by atoms with van der Waals surface area (Å²) in [5.74, 6) is 0.361. The number of para-hydroxylation sites is 1. The highest BCUT2D eigenvalue weighted by Gasteiger charge is 2.20. The lowest BCUT2D eigenvalue weighted by molar-refractivity contribution is 0.241. The second-order valence-electron chi connectivity index (χ2n) is 8.14. The Balaban J connectivity index is 1.35. The van der Waals surface area contributed by atoms with Crippen LogP contribution < -0.4 is 10.6 Å². The molecule has 1 saturated heterocycles. The molecule has 2 aliphatic heterocycles. The van der Waals surface area contributed by atoms with Crippen molar-refractivity contribution in [1.82, 2.24) is 10.2 Å². The molecule has 1 fully saturated rings. The van der Waals surface area contributed by atoms with Crippen molar-refractivity contribution in [2.45, 2.75) is 28.7 Å². The van der Waals surface area contributed by atoms with E-state index in [0.717, 1.165) is 19.6 Å². The summed E-state index contributed by atoms with van der Waals surface area (Å²) in [5, 5.41) is 7.25. The highest BCUT2D eigenvalue weighted by Crippen LogP contribution is 2.45. The maximum atomic E-state index is 3.64.